The number of fused-ring (bicyclic) bond motifs is 3. The lowest BCUT2D eigenvalue weighted by atomic mass is 9.91. The summed E-state index contributed by atoms with van der Waals surface area (Å²) in [6, 6.07) is 28.7. The second-order valence-electron chi connectivity index (χ2n) is 11.3. The summed E-state index contributed by atoms with van der Waals surface area (Å²) < 4.78 is 0. The maximum atomic E-state index is 14.1. The van der Waals surface area contributed by atoms with Crippen LogP contribution in [0.5, 0.6) is 0 Å². The second-order valence-corrected chi connectivity index (χ2v) is 11.3. The molecule has 2 amide bonds. The van der Waals surface area contributed by atoms with Crippen LogP contribution in [0, 0.1) is 0 Å². The molecule has 1 aromatic heterocycles. The summed E-state index contributed by atoms with van der Waals surface area (Å²) in [4.78, 5) is 37.8. The summed E-state index contributed by atoms with van der Waals surface area (Å²) in [5.41, 5.74) is 8.35. The van der Waals surface area contributed by atoms with E-state index in [2.05, 4.69) is 64.5 Å². The molecule has 6 nitrogen and oxygen atoms in total. The number of aromatic nitrogens is 1. The zero-order chi connectivity index (χ0) is 28.9. The fraction of sp³-hybridized carbons (Fsp3) is 0.306. The zero-order valence-corrected chi connectivity index (χ0v) is 24.3. The fourth-order valence-corrected chi connectivity index (χ4v) is 6.44. The summed E-state index contributed by atoms with van der Waals surface area (Å²) in [6.45, 7) is 1.96. The van der Waals surface area contributed by atoms with Crippen molar-refractivity contribution in [2.75, 3.05) is 31.6 Å². The van der Waals surface area contributed by atoms with Crippen LogP contribution in [0.4, 0.5) is 11.4 Å². The highest BCUT2D eigenvalue weighted by molar-refractivity contribution is 5.89. The zero-order valence-electron chi connectivity index (χ0n) is 24.3. The normalized spacial score (nSPS) is 15.7. The van der Waals surface area contributed by atoms with Crippen LogP contribution < -0.4 is 4.90 Å². The van der Waals surface area contributed by atoms with Crippen molar-refractivity contribution in [2.24, 2.45) is 0 Å². The molecular formula is C36H38N4O2. The number of rotatable bonds is 8. The molecule has 2 aliphatic rings. The molecule has 0 aliphatic carbocycles. The van der Waals surface area contributed by atoms with Gasteiger partial charge < -0.3 is 14.7 Å². The van der Waals surface area contributed by atoms with Gasteiger partial charge in [0, 0.05) is 56.9 Å². The van der Waals surface area contributed by atoms with Gasteiger partial charge in [-0.1, -0.05) is 66.7 Å². The fourth-order valence-electron chi connectivity index (χ4n) is 6.44. The van der Waals surface area contributed by atoms with Gasteiger partial charge in [0.2, 0.25) is 11.8 Å². The second kappa shape index (κ2) is 12.6. The summed E-state index contributed by atoms with van der Waals surface area (Å²) in [6.07, 6.45) is 8.12. The maximum absolute atomic E-state index is 14.1. The number of benzene rings is 3. The first kappa shape index (κ1) is 27.7. The number of likely N-dealkylation sites (N-methyl/N-ethyl adjacent to an activating group) is 1. The molecule has 0 bridgehead atoms. The Bertz CT molecular complexity index is 1510. The average molecular weight is 559 g/mol. The van der Waals surface area contributed by atoms with Crippen LogP contribution in [-0.2, 0) is 35.3 Å². The molecule has 214 valence electrons. The highest BCUT2D eigenvalue weighted by Gasteiger charge is 2.37. The lowest BCUT2D eigenvalue weighted by Crippen LogP contribution is -2.48. The molecule has 0 saturated carbocycles. The molecule has 0 spiro atoms. The van der Waals surface area contributed by atoms with E-state index in [-0.39, 0.29) is 11.8 Å². The minimum atomic E-state index is -0.596. The number of pyridine rings is 1. The van der Waals surface area contributed by atoms with E-state index in [4.69, 9.17) is 0 Å². The predicted octanol–water partition coefficient (Wildman–Crippen LogP) is 5.93. The van der Waals surface area contributed by atoms with Crippen LogP contribution in [0.15, 0.2) is 97.3 Å². The molecular weight excluding hydrogens is 520 g/mol. The highest BCUT2D eigenvalue weighted by atomic mass is 16.2. The predicted molar refractivity (Wildman–Crippen MR) is 167 cm³/mol. The Hall–Kier alpha value is -4.45. The number of anilines is 2. The molecule has 6 rings (SSSR count). The monoisotopic (exact) mass is 558 g/mol. The first-order valence-electron chi connectivity index (χ1n) is 15.0. The Morgan fingerprint density at radius 2 is 1.50 bits per heavy atom. The van der Waals surface area contributed by atoms with Gasteiger partial charge in [-0.2, -0.15) is 0 Å². The molecule has 1 atom stereocenters. The van der Waals surface area contributed by atoms with E-state index in [1.807, 2.05) is 42.3 Å². The van der Waals surface area contributed by atoms with Crippen LogP contribution >= 0.6 is 0 Å². The molecule has 0 fully saturated rings. The Balaban J connectivity index is 1.17. The Kier molecular flexibility index (Phi) is 8.31. The number of para-hydroxylation sites is 2. The number of hydrogen-bond acceptors (Lipinski definition) is 4. The van der Waals surface area contributed by atoms with Crippen molar-refractivity contribution in [3.63, 3.8) is 0 Å². The minimum absolute atomic E-state index is 0.0119. The third-order valence-electron chi connectivity index (χ3n) is 8.67. The van der Waals surface area contributed by atoms with Gasteiger partial charge in [-0.25, -0.2) is 0 Å². The molecule has 2 aliphatic heterocycles. The highest BCUT2D eigenvalue weighted by Crippen LogP contribution is 2.36. The number of hydrogen-bond donors (Lipinski definition) is 0. The van der Waals surface area contributed by atoms with Crippen LogP contribution in [0.25, 0.3) is 0 Å². The minimum Gasteiger partial charge on any atom is -0.344 e. The smallest absolute Gasteiger partial charge is 0.249 e. The van der Waals surface area contributed by atoms with E-state index in [1.54, 1.807) is 17.3 Å². The molecule has 4 aromatic rings. The number of aryl methyl sites for hydroxylation is 3. The van der Waals surface area contributed by atoms with Gasteiger partial charge in [-0.3, -0.25) is 14.6 Å². The number of amides is 2. The van der Waals surface area contributed by atoms with E-state index in [0.717, 1.165) is 48.9 Å². The van der Waals surface area contributed by atoms with Gasteiger partial charge in [0.25, 0.3) is 0 Å². The number of carbonyl (C=O) groups excluding carboxylic acids is 2. The van der Waals surface area contributed by atoms with Crippen molar-refractivity contribution in [3.8, 4) is 0 Å². The molecule has 0 N–H and O–H groups in total. The van der Waals surface area contributed by atoms with E-state index >= 15 is 0 Å². The van der Waals surface area contributed by atoms with Gasteiger partial charge in [-0.15, -0.1) is 0 Å². The van der Waals surface area contributed by atoms with Crippen LogP contribution in [0.1, 0.15) is 46.7 Å². The molecule has 3 aromatic carbocycles. The summed E-state index contributed by atoms with van der Waals surface area (Å²) in [7, 11) is 1.88. The van der Waals surface area contributed by atoms with Crippen molar-refractivity contribution in [2.45, 2.75) is 44.6 Å². The average Bonchev–Trinajstić information content (AvgIpc) is 3.20. The third-order valence-corrected chi connectivity index (χ3v) is 8.67. The number of nitrogens with zero attached hydrogens (tertiary/aromatic N) is 4. The van der Waals surface area contributed by atoms with E-state index in [9.17, 15) is 9.59 Å². The largest absolute Gasteiger partial charge is 0.344 e. The topological polar surface area (TPSA) is 56.8 Å². The first-order chi connectivity index (χ1) is 20.6. The van der Waals surface area contributed by atoms with Crippen LogP contribution in [0.3, 0.4) is 0 Å². The van der Waals surface area contributed by atoms with E-state index in [1.165, 1.54) is 22.5 Å². The Labute approximate surface area is 248 Å². The molecule has 1 unspecified atom stereocenters. The Morgan fingerprint density at radius 1 is 0.833 bits per heavy atom. The molecule has 6 heteroatoms. The molecule has 42 heavy (non-hydrogen) atoms. The SMILES string of the molecule is CN(CCCN1c2ccccc2CCc2ccccc21)C(=O)C1c2ccccc2CCN1C(=O)CCc1cccnc1. The van der Waals surface area contributed by atoms with Crippen molar-refractivity contribution >= 4 is 23.2 Å². The summed E-state index contributed by atoms with van der Waals surface area (Å²) in [5, 5.41) is 0. The maximum Gasteiger partial charge on any atom is 0.249 e. The summed E-state index contributed by atoms with van der Waals surface area (Å²) >= 11 is 0. The van der Waals surface area contributed by atoms with Crippen LogP contribution in [-0.4, -0.2) is 53.3 Å². The number of carbonyl (C=O) groups is 2. The third kappa shape index (κ3) is 5.80. The van der Waals surface area contributed by atoms with Crippen molar-refractivity contribution in [3.05, 3.63) is 125 Å². The molecule has 3 heterocycles. The quantitative estimate of drug-likeness (QED) is 0.269. The lowest BCUT2D eigenvalue weighted by molar-refractivity contribution is -0.146. The van der Waals surface area contributed by atoms with Crippen molar-refractivity contribution < 1.29 is 9.59 Å². The standard InChI is InChI=1S/C36H38N4O2/c1-38(23-9-24-39-32-15-6-3-12-29(32)18-19-30-13-4-7-16-33(30)39)36(42)35-31-14-5-2-11-28(31)21-25-40(35)34(41)20-17-27-10-8-22-37-26-27/h2-8,10-16,22,26,35H,9,17-21,23-25H2,1H3. The van der Waals surface area contributed by atoms with Gasteiger partial charge in [0.15, 0.2) is 0 Å². The first-order valence-corrected chi connectivity index (χ1v) is 15.0. The van der Waals surface area contributed by atoms with Gasteiger partial charge in [0.1, 0.15) is 6.04 Å². The van der Waals surface area contributed by atoms with Gasteiger partial charge in [0.05, 0.1) is 0 Å². The van der Waals surface area contributed by atoms with Gasteiger partial charge >= 0.3 is 0 Å². The lowest BCUT2D eigenvalue weighted by Gasteiger charge is -2.38. The van der Waals surface area contributed by atoms with E-state index in [0.29, 0.717) is 25.9 Å². The summed E-state index contributed by atoms with van der Waals surface area (Å²) in [5.74, 6) is -0.00793. The van der Waals surface area contributed by atoms with Gasteiger partial charge in [-0.05, 0) is 78.1 Å². The van der Waals surface area contributed by atoms with Crippen molar-refractivity contribution in [1.82, 2.24) is 14.8 Å². The van der Waals surface area contributed by atoms with Crippen molar-refractivity contribution in [1.29, 1.82) is 0 Å². The van der Waals surface area contributed by atoms with Crippen LogP contribution in [0.2, 0.25) is 0 Å². The van der Waals surface area contributed by atoms with E-state index < -0.39 is 6.04 Å². The Morgan fingerprint density at radius 3 is 2.19 bits per heavy atom. The molecule has 0 saturated heterocycles. The molecule has 0 radical (unpaired) electrons.